The van der Waals surface area contributed by atoms with Gasteiger partial charge in [0.25, 0.3) is 0 Å². The highest BCUT2D eigenvalue weighted by molar-refractivity contribution is 7.88. The number of hydrogen-bond acceptors (Lipinski definition) is 4. The number of sulfonamides is 1. The highest BCUT2D eigenvalue weighted by atomic mass is 32.2. The summed E-state index contributed by atoms with van der Waals surface area (Å²) in [6.07, 6.45) is 2.73. The smallest absolute Gasteiger partial charge is 0.235 e. The minimum atomic E-state index is -3.39. The van der Waals surface area contributed by atoms with Gasteiger partial charge in [-0.1, -0.05) is 6.07 Å². The molecule has 0 aliphatic rings. The van der Waals surface area contributed by atoms with Crippen LogP contribution >= 0.6 is 0 Å². The molecule has 1 rings (SSSR count). The quantitative estimate of drug-likeness (QED) is 0.819. The van der Waals surface area contributed by atoms with Crippen molar-refractivity contribution in [1.29, 1.82) is 0 Å². The molecule has 0 aliphatic heterocycles. The molecule has 0 atom stereocenters. The summed E-state index contributed by atoms with van der Waals surface area (Å²) in [5.74, 6) is -0.343. The maximum absolute atomic E-state index is 11.7. The molecule has 1 heterocycles. The lowest BCUT2D eigenvalue weighted by Crippen LogP contribution is -2.43. The van der Waals surface area contributed by atoms with E-state index in [0.717, 1.165) is 16.3 Å². The lowest BCUT2D eigenvalue weighted by molar-refractivity contribution is -0.121. The number of amides is 1. The van der Waals surface area contributed by atoms with E-state index in [9.17, 15) is 13.2 Å². The largest absolute Gasteiger partial charge is 0.349 e. The average molecular weight is 285 g/mol. The number of carbonyl (C=O) groups is 1. The van der Waals surface area contributed by atoms with Crippen molar-refractivity contribution in [3.63, 3.8) is 0 Å². The maximum Gasteiger partial charge on any atom is 0.235 e. The molecule has 0 aliphatic carbocycles. The lowest BCUT2D eigenvalue weighted by Gasteiger charge is -2.23. The molecule has 1 aromatic rings. The highest BCUT2D eigenvalue weighted by Gasteiger charge is 2.22. The van der Waals surface area contributed by atoms with E-state index in [2.05, 4.69) is 10.3 Å². The Labute approximate surface area is 113 Å². The Morgan fingerprint density at radius 3 is 2.58 bits per heavy atom. The van der Waals surface area contributed by atoms with E-state index in [1.54, 1.807) is 32.2 Å². The third-order valence-corrected chi connectivity index (χ3v) is 3.90. The predicted molar refractivity (Wildman–Crippen MR) is 72.8 cm³/mol. The van der Waals surface area contributed by atoms with Gasteiger partial charge in [-0.3, -0.25) is 9.78 Å². The molecular weight excluding hydrogens is 266 g/mol. The van der Waals surface area contributed by atoms with Crippen molar-refractivity contribution < 1.29 is 13.2 Å². The molecule has 0 fully saturated rings. The number of carbonyl (C=O) groups excluding carboxylic acids is 1. The zero-order chi connectivity index (χ0) is 14.5. The van der Waals surface area contributed by atoms with Gasteiger partial charge < -0.3 is 5.32 Å². The summed E-state index contributed by atoms with van der Waals surface area (Å²) in [4.78, 5) is 15.8. The van der Waals surface area contributed by atoms with Crippen LogP contribution in [0, 0.1) is 0 Å². The molecule has 0 unspecified atom stereocenters. The van der Waals surface area contributed by atoms with Gasteiger partial charge >= 0.3 is 0 Å². The first-order valence-electron chi connectivity index (χ1n) is 5.94. The van der Waals surface area contributed by atoms with Crippen LogP contribution in [-0.4, -0.2) is 42.5 Å². The molecule has 19 heavy (non-hydrogen) atoms. The Morgan fingerprint density at radius 2 is 2.11 bits per heavy atom. The minimum Gasteiger partial charge on any atom is -0.349 e. The van der Waals surface area contributed by atoms with Crippen molar-refractivity contribution in [2.24, 2.45) is 0 Å². The number of aromatic nitrogens is 1. The number of hydrogen-bond donors (Lipinski definition) is 1. The first-order valence-corrected chi connectivity index (χ1v) is 7.79. The van der Waals surface area contributed by atoms with Gasteiger partial charge in [-0.15, -0.1) is 0 Å². The highest BCUT2D eigenvalue weighted by Crippen LogP contribution is 2.04. The molecule has 0 aromatic carbocycles. The van der Waals surface area contributed by atoms with E-state index in [-0.39, 0.29) is 25.0 Å². The lowest BCUT2D eigenvalue weighted by atomic mass is 10.3. The molecule has 0 radical (unpaired) electrons. The molecule has 6 nitrogen and oxygen atoms in total. The number of nitrogens with zero attached hydrogens (tertiary/aromatic N) is 2. The Kier molecular flexibility index (Phi) is 5.44. The average Bonchev–Trinajstić information content (AvgIpc) is 2.33. The molecule has 1 aromatic heterocycles. The summed E-state index contributed by atoms with van der Waals surface area (Å²) in [5, 5.41) is 2.65. The van der Waals surface area contributed by atoms with Crippen LogP contribution in [-0.2, 0) is 21.4 Å². The van der Waals surface area contributed by atoms with Gasteiger partial charge in [0.05, 0.1) is 25.0 Å². The topological polar surface area (TPSA) is 79.4 Å². The van der Waals surface area contributed by atoms with E-state index in [4.69, 9.17) is 0 Å². The molecule has 0 spiro atoms. The third kappa shape index (κ3) is 5.35. The van der Waals surface area contributed by atoms with Crippen molar-refractivity contribution in [2.45, 2.75) is 26.4 Å². The van der Waals surface area contributed by atoms with Crippen molar-refractivity contribution in [3.05, 3.63) is 30.1 Å². The van der Waals surface area contributed by atoms with Crippen LogP contribution in [0.3, 0.4) is 0 Å². The fourth-order valence-electron chi connectivity index (χ4n) is 1.57. The number of nitrogens with one attached hydrogen (secondary N) is 1. The van der Waals surface area contributed by atoms with Gasteiger partial charge in [0.1, 0.15) is 0 Å². The Morgan fingerprint density at radius 1 is 1.42 bits per heavy atom. The standard InChI is InChI=1S/C12H19N3O3S/c1-10(2)15(19(3,17)18)9-12(16)14-8-11-6-4-5-7-13-11/h4-7,10H,8-9H2,1-3H3,(H,14,16). The third-order valence-electron chi connectivity index (χ3n) is 2.49. The second-order valence-electron chi connectivity index (χ2n) is 4.50. The second kappa shape index (κ2) is 6.63. The molecule has 0 bridgehead atoms. The van der Waals surface area contributed by atoms with Gasteiger partial charge in [-0.25, -0.2) is 8.42 Å². The number of rotatable bonds is 6. The van der Waals surface area contributed by atoms with Gasteiger partial charge in [-0.05, 0) is 26.0 Å². The Bertz CT molecular complexity index is 514. The van der Waals surface area contributed by atoms with Gasteiger partial charge in [-0.2, -0.15) is 4.31 Å². The second-order valence-corrected chi connectivity index (χ2v) is 6.43. The first-order chi connectivity index (χ1) is 8.80. The summed E-state index contributed by atoms with van der Waals surface area (Å²) < 4.78 is 24.2. The zero-order valence-electron chi connectivity index (χ0n) is 11.3. The summed E-state index contributed by atoms with van der Waals surface area (Å²) in [5.41, 5.74) is 0.728. The van der Waals surface area contributed by atoms with Crippen LogP contribution in [0.15, 0.2) is 24.4 Å². The van der Waals surface area contributed by atoms with Gasteiger partial charge in [0.15, 0.2) is 0 Å². The van der Waals surface area contributed by atoms with Gasteiger partial charge in [0, 0.05) is 12.2 Å². The van der Waals surface area contributed by atoms with Crippen LogP contribution in [0.25, 0.3) is 0 Å². The van der Waals surface area contributed by atoms with E-state index in [0.29, 0.717) is 0 Å². The van der Waals surface area contributed by atoms with Crippen LogP contribution in [0.1, 0.15) is 19.5 Å². The van der Waals surface area contributed by atoms with Gasteiger partial charge in [0.2, 0.25) is 15.9 Å². The molecule has 1 amide bonds. The molecular formula is C12H19N3O3S. The van der Waals surface area contributed by atoms with Crippen molar-refractivity contribution in [1.82, 2.24) is 14.6 Å². The van der Waals surface area contributed by atoms with Crippen LogP contribution < -0.4 is 5.32 Å². The zero-order valence-corrected chi connectivity index (χ0v) is 12.1. The summed E-state index contributed by atoms with van der Waals surface area (Å²) in [6.45, 7) is 3.57. The van der Waals surface area contributed by atoms with E-state index in [1.807, 2.05) is 6.07 Å². The SMILES string of the molecule is CC(C)N(CC(=O)NCc1ccccn1)S(C)(=O)=O. The first kappa shape index (κ1) is 15.6. The minimum absolute atomic E-state index is 0.177. The molecule has 0 saturated heterocycles. The predicted octanol–water partition coefficient (Wildman–Crippen LogP) is 0.368. The van der Waals surface area contributed by atoms with Crippen molar-refractivity contribution in [3.8, 4) is 0 Å². The maximum atomic E-state index is 11.7. The van der Waals surface area contributed by atoms with E-state index < -0.39 is 10.0 Å². The van der Waals surface area contributed by atoms with E-state index >= 15 is 0 Å². The van der Waals surface area contributed by atoms with Crippen molar-refractivity contribution >= 4 is 15.9 Å². The fraction of sp³-hybridized carbons (Fsp3) is 0.500. The molecule has 106 valence electrons. The Balaban J connectivity index is 2.55. The fourth-order valence-corrected chi connectivity index (χ4v) is 2.69. The summed E-state index contributed by atoms with van der Waals surface area (Å²) in [7, 11) is -3.39. The van der Waals surface area contributed by atoms with E-state index in [1.165, 1.54) is 0 Å². The van der Waals surface area contributed by atoms with Crippen molar-refractivity contribution in [2.75, 3.05) is 12.8 Å². The molecule has 7 heteroatoms. The normalized spacial score (nSPS) is 11.8. The van der Waals surface area contributed by atoms with Crippen LogP contribution in [0.2, 0.25) is 0 Å². The molecule has 1 N–H and O–H groups in total. The number of pyridine rings is 1. The molecule has 0 saturated carbocycles. The Hall–Kier alpha value is -1.47. The van der Waals surface area contributed by atoms with Crippen LogP contribution in [0.4, 0.5) is 0 Å². The summed E-state index contributed by atoms with van der Waals surface area (Å²) >= 11 is 0. The summed E-state index contributed by atoms with van der Waals surface area (Å²) in [6, 6.07) is 5.15. The monoisotopic (exact) mass is 285 g/mol. The van der Waals surface area contributed by atoms with Crippen LogP contribution in [0.5, 0.6) is 0 Å².